The second kappa shape index (κ2) is 4.75. The molecule has 1 aromatic carbocycles. The molecule has 0 aliphatic carbocycles. The molecule has 0 spiro atoms. The number of nitrogens with one attached hydrogen (secondary N) is 1. The SMILES string of the molecule is Nc1ccnc(Nc2ccc(F)c(C(F)(F)F)c2)c1. The number of nitrogen functional groups attached to an aromatic ring is 1. The van der Waals surface area contributed by atoms with Crippen molar-refractivity contribution in [1.82, 2.24) is 4.98 Å². The van der Waals surface area contributed by atoms with E-state index in [9.17, 15) is 17.6 Å². The van der Waals surface area contributed by atoms with Gasteiger partial charge in [-0.2, -0.15) is 13.2 Å². The Morgan fingerprint density at radius 2 is 1.84 bits per heavy atom. The van der Waals surface area contributed by atoms with Crippen LogP contribution in [0.25, 0.3) is 0 Å². The highest BCUT2D eigenvalue weighted by molar-refractivity contribution is 5.60. The Labute approximate surface area is 106 Å². The lowest BCUT2D eigenvalue weighted by Gasteiger charge is -2.11. The molecule has 0 amide bonds. The zero-order valence-electron chi connectivity index (χ0n) is 9.50. The van der Waals surface area contributed by atoms with Crippen LogP contribution in [0.2, 0.25) is 0 Å². The molecule has 0 radical (unpaired) electrons. The number of pyridine rings is 1. The lowest BCUT2D eigenvalue weighted by Crippen LogP contribution is -2.08. The number of benzene rings is 1. The molecule has 7 heteroatoms. The molecule has 0 aliphatic rings. The summed E-state index contributed by atoms with van der Waals surface area (Å²) in [6.07, 6.45) is -3.34. The Balaban J connectivity index is 2.32. The van der Waals surface area contributed by atoms with Gasteiger partial charge < -0.3 is 11.1 Å². The number of nitrogens with zero attached hydrogens (tertiary/aromatic N) is 1. The summed E-state index contributed by atoms with van der Waals surface area (Å²) in [6.45, 7) is 0. The first-order valence-electron chi connectivity index (χ1n) is 5.21. The maximum atomic E-state index is 13.1. The summed E-state index contributed by atoms with van der Waals surface area (Å²) in [5, 5.41) is 2.63. The van der Waals surface area contributed by atoms with Crippen molar-refractivity contribution in [2.75, 3.05) is 11.1 Å². The summed E-state index contributed by atoms with van der Waals surface area (Å²) in [7, 11) is 0. The van der Waals surface area contributed by atoms with Crippen LogP contribution in [0, 0.1) is 5.82 Å². The molecular formula is C12H9F4N3. The number of hydrogen-bond acceptors (Lipinski definition) is 3. The van der Waals surface area contributed by atoms with Crippen LogP contribution in [-0.4, -0.2) is 4.98 Å². The predicted molar refractivity (Wildman–Crippen MR) is 63.3 cm³/mol. The van der Waals surface area contributed by atoms with E-state index >= 15 is 0 Å². The predicted octanol–water partition coefficient (Wildman–Crippen LogP) is 3.57. The van der Waals surface area contributed by atoms with Crippen molar-refractivity contribution >= 4 is 17.2 Å². The molecule has 100 valence electrons. The van der Waals surface area contributed by atoms with Crippen LogP contribution in [0.15, 0.2) is 36.5 Å². The fraction of sp³-hybridized carbons (Fsp3) is 0.0833. The molecule has 2 aromatic rings. The molecular weight excluding hydrogens is 262 g/mol. The molecule has 0 bridgehead atoms. The largest absolute Gasteiger partial charge is 0.419 e. The topological polar surface area (TPSA) is 50.9 Å². The molecule has 0 fully saturated rings. The number of rotatable bonds is 2. The quantitative estimate of drug-likeness (QED) is 0.821. The number of halogens is 4. The molecule has 3 nitrogen and oxygen atoms in total. The molecule has 0 saturated carbocycles. The van der Waals surface area contributed by atoms with Crippen LogP contribution in [0.4, 0.5) is 34.8 Å². The van der Waals surface area contributed by atoms with Gasteiger partial charge in [-0.05, 0) is 24.3 Å². The number of aromatic nitrogens is 1. The average molecular weight is 271 g/mol. The number of anilines is 3. The Hall–Kier alpha value is -2.31. The zero-order chi connectivity index (χ0) is 14.0. The molecule has 19 heavy (non-hydrogen) atoms. The van der Waals surface area contributed by atoms with E-state index in [-0.39, 0.29) is 11.5 Å². The van der Waals surface area contributed by atoms with Crippen molar-refractivity contribution in [2.24, 2.45) is 0 Å². The third-order valence-corrected chi connectivity index (χ3v) is 2.33. The smallest absolute Gasteiger partial charge is 0.399 e. The maximum absolute atomic E-state index is 13.1. The minimum Gasteiger partial charge on any atom is -0.399 e. The van der Waals surface area contributed by atoms with Crippen LogP contribution in [0.5, 0.6) is 0 Å². The van der Waals surface area contributed by atoms with Gasteiger partial charge in [0.2, 0.25) is 0 Å². The van der Waals surface area contributed by atoms with Crippen molar-refractivity contribution in [2.45, 2.75) is 6.18 Å². The summed E-state index contributed by atoms with van der Waals surface area (Å²) in [4.78, 5) is 3.88. The van der Waals surface area contributed by atoms with Crippen LogP contribution in [0.1, 0.15) is 5.56 Å². The van der Waals surface area contributed by atoms with Crippen molar-refractivity contribution in [3.05, 3.63) is 47.9 Å². The molecule has 0 saturated heterocycles. The fourth-order valence-corrected chi connectivity index (χ4v) is 1.48. The van der Waals surface area contributed by atoms with E-state index in [1.165, 1.54) is 24.4 Å². The van der Waals surface area contributed by atoms with Crippen LogP contribution < -0.4 is 11.1 Å². The van der Waals surface area contributed by atoms with Crippen molar-refractivity contribution < 1.29 is 17.6 Å². The Bertz CT molecular complexity index is 596. The first kappa shape index (κ1) is 13.1. The van der Waals surface area contributed by atoms with Crippen LogP contribution in [0.3, 0.4) is 0 Å². The number of hydrogen-bond donors (Lipinski definition) is 2. The Morgan fingerprint density at radius 3 is 2.47 bits per heavy atom. The van der Waals surface area contributed by atoms with E-state index in [4.69, 9.17) is 5.73 Å². The number of alkyl halides is 3. The van der Waals surface area contributed by atoms with Gasteiger partial charge in [0.25, 0.3) is 0 Å². The van der Waals surface area contributed by atoms with Gasteiger partial charge in [0.1, 0.15) is 11.6 Å². The summed E-state index contributed by atoms with van der Waals surface area (Å²) < 4.78 is 50.7. The van der Waals surface area contributed by atoms with Gasteiger partial charge in [-0.1, -0.05) is 0 Å². The zero-order valence-corrected chi connectivity index (χ0v) is 9.50. The van der Waals surface area contributed by atoms with E-state index in [1.54, 1.807) is 0 Å². The van der Waals surface area contributed by atoms with Gasteiger partial charge in [-0.15, -0.1) is 0 Å². The van der Waals surface area contributed by atoms with Gasteiger partial charge >= 0.3 is 6.18 Å². The van der Waals surface area contributed by atoms with Crippen LogP contribution in [-0.2, 0) is 6.18 Å². The van der Waals surface area contributed by atoms with E-state index in [0.717, 1.165) is 6.07 Å². The van der Waals surface area contributed by atoms with Gasteiger partial charge in [-0.25, -0.2) is 9.37 Å². The Kier molecular flexibility index (Phi) is 3.28. The maximum Gasteiger partial charge on any atom is 0.419 e. The fourth-order valence-electron chi connectivity index (χ4n) is 1.48. The first-order chi connectivity index (χ1) is 8.86. The third-order valence-electron chi connectivity index (χ3n) is 2.33. The first-order valence-corrected chi connectivity index (χ1v) is 5.21. The summed E-state index contributed by atoms with van der Waals surface area (Å²) >= 11 is 0. The molecule has 1 heterocycles. The average Bonchev–Trinajstić information content (AvgIpc) is 2.30. The highest BCUT2D eigenvalue weighted by atomic mass is 19.4. The minimum atomic E-state index is -4.75. The molecule has 0 aliphatic heterocycles. The van der Waals surface area contributed by atoms with E-state index in [2.05, 4.69) is 10.3 Å². The molecule has 0 atom stereocenters. The standard InChI is InChI=1S/C12H9F4N3/c13-10-2-1-8(6-9(10)12(14,15)16)19-11-5-7(17)3-4-18-11/h1-6H,(H3,17,18,19). The molecule has 0 unspecified atom stereocenters. The summed E-state index contributed by atoms with van der Waals surface area (Å²) in [6, 6.07) is 5.61. The monoisotopic (exact) mass is 271 g/mol. The molecule has 3 N–H and O–H groups in total. The molecule has 1 aromatic heterocycles. The van der Waals surface area contributed by atoms with E-state index in [1.807, 2.05) is 0 Å². The second-order valence-electron chi connectivity index (χ2n) is 3.79. The van der Waals surface area contributed by atoms with Gasteiger partial charge in [-0.3, -0.25) is 0 Å². The highest BCUT2D eigenvalue weighted by Gasteiger charge is 2.34. The van der Waals surface area contributed by atoms with Gasteiger partial charge in [0.05, 0.1) is 5.56 Å². The normalized spacial score (nSPS) is 11.4. The van der Waals surface area contributed by atoms with E-state index in [0.29, 0.717) is 11.8 Å². The van der Waals surface area contributed by atoms with Crippen molar-refractivity contribution in [3.8, 4) is 0 Å². The lowest BCUT2D eigenvalue weighted by atomic mass is 10.2. The van der Waals surface area contributed by atoms with Gasteiger partial charge in [0, 0.05) is 23.6 Å². The summed E-state index contributed by atoms with van der Waals surface area (Å²) in [5.41, 5.74) is 4.67. The van der Waals surface area contributed by atoms with Gasteiger partial charge in [0.15, 0.2) is 0 Å². The van der Waals surface area contributed by atoms with Crippen LogP contribution >= 0.6 is 0 Å². The molecule has 2 rings (SSSR count). The second-order valence-corrected chi connectivity index (χ2v) is 3.79. The third kappa shape index (κ3) is 3.12. The highest BCUT2D eigenvalue weighted by Crippen LogP contribution is 2.33. The summed E-state index contributed by atoms with van der Waals surface area (Å²) in [5.74, 6) is -1.04. The minimum absolute atomic E-state index is 0.0758. The number of nitrogens with two attached hydrogens (primary N) is 1. The van der Waals surface area contributed by atoms with Crippen molar-refractivity contribution in [3.63, 3.8) is 0 Å². The Morgan fingerprint density at radius 1 is 1.11 bits per heavy atom. The lowest BCUT2D eigenvalue weighted by molar-refractivity contribution is -0.139. The van der Waals surface area contributed by atoms with Crippen molar-refractivity contribution in [1.29, 1.82) is 0 Å². The van der Waals surface area contributed by atoms with E-state index < -0.39 is 17.6 Å².